The molecule has 0 N–H and O–H groups in total. The monoisotopic (exact) mass is 787 g/mol. The number of benzene rings is 9. The number of fused-ring (bicyclic) bond motifs is 4. The number of para-hydroxylation sites is 1. The Labute approximate surface area is 335 Å². The van der Waals surface area contributed by atoms with Gasteiger partial charge in [0.15, 0.2) is 0 Å². The highest BCUT2D eigenvalue weighted by molar-refractivity contribution is 7.92. The van der Waals surface area contributed by atoms with Crippen molar-refractivity contribution in [3.8, 4) is 5.75 Å². The maximum atomic E-state index is 15.7. The van der Waals surface area contributed by atoms with Crippen LogP contribution in [0.1, 0.15) is 50.9 Å². The molecule has 0 saturated heterocycles. The van der Waals surface area contributed by atoms with E-state index in [0.717, 1.165) is 43.8 Å². The topological polar surface area (TPSA) is 99.2 Å². The summed E-state index contributed by atoms with van der Waals surface area (Å²) in [5.74, 6) is -2.13. The molecule has 2 atom stereocenters. The molecule has 282 valence electrons. The van der Waals surface area contributed by atoms with Gasteiger partial charge in [-0.05, 0) is 163 Å². The number of hydrogen-bond acceptors (Lipinski definition) is 7. The Kier molecular flexibility index (Phi) is 5.00. The number of nitrogens with zero attached hydrogens (tertiary/aromatic N) is 1. The van der Waals surface area contributed by atoms with Crippen LogP contribution in [0.2, 0.25) is 0 Å². The Morgan fingerprint density at radius 2 is 1.07 bits per heavy atom. The van der Waals surface area contributed by atoms with E-state index in [0.29, 0.717) is 18.6 Å². The first-order valence-corrected chi connectivity index (χ1v) is 21.4. The quantitative estimate of drug-likeness (QED) is 0.0974. The van der Waals surface area contributed by atoms with E-state index in [4.69, 9.17) is 14.2 Å². The molecule has 0 radical (unpaired) electrons. The third-order valence-electron chi connectivity index (χ3n) is 15.1. The van der Waals surface area contributed by atoms with Crippen LogP contribution in [0.4, 0.5) is 5.69 Å². The van der Waals surface area contributed by atoms with E-state index in [2.05, 4.69) is 36.4 Å². The highest BCUT2D eigenvalue weighted by atomic mass is 32.2. The van der Waals surface area contributed by atoms with Crippen molar-refractivity contribution in [1.82, 2.24) is 0 Å². The normalized spacial score (nSPS) is 18.7. The Balaban J connectivity index is 1.21. The van der Waals surface area contributed by atoms with Crippen LogP contribution in [-0.4, -0.2) is 41.7 Å². The second-order valence-corrected chi connectivity index (χ2v) is 19.0. The number of ether oxygens (including phenoxy) is 3. The molecule has 15 rings (SSSR count). The van der Waals surface area contributed by atoms with E-state index < -0.39 is 39.3 Å². The van der Waals surface area contributed by atoms with Gasteiger partial charge in [-0.25, -0.2) is 8.42 Å². The molecule has 0 aromatic heterocycles. The fourth-order valence-corrected chi connectivity index (χ4v) is 15.0. The molecule has 0 saturated carbocycles. The zero-order valence-corrected chi connectivity index (χ0v) is 32.7. The van der Waals surface area contributed by atoms with Crippen LogP contribution in [0.15, 0.2) is 89.8 Å². The molecule has 59 heavy (non-hydrogen) atoms. The van der Waals surface area contributed by atoms with Crippen LogP contribution in [0.3, 0.4) is 0 Å². The van der Waals surface area contributed by atoms with E-state index in [1.807, 2.05) is 0 Å². The van der Waals surface area contributed by atoms with Crippen molar-refractivity contribution in [3.05, 3.63) is 124 Å². The molecule has 0 bridgehead atoms. The molecule has 0 fully saturated rings. The Hall–Kier alpha value is -6.71. The van der Waals surface area contributed by atoms with Gasteiger partial charge in [0.05, 0.1) is 38.0 Å². The minimum atomic E-state index is -4.39. The maximum absolute atomic E-state index is 15.7. The summed E-state index contributed by atoms with van der Waals surface area (Å²) in [5, 5.41) is 19.7. The largest absolute Gasteiger partial charge is 0.497 e. The van der Waals surface area contributed by atoms with Crippen LogP contribution in [0.25, 0.3) is 86.2 Å². The molecule has 3 aliphatic carbocycles. The molecule has 2 unspecified atom stereocenters. The van der Waals surface area contributed by atoms with E-state index in [1.54, 1.807) is 55.6 Å². The first-order valence-electron chi connectivity index (χ1n) is 19.9. The second-order valence-electron chi connectivity index (χ2n) is 17.1. The second kappa shape index (κ2) is 9.43. The number of hydrogen-bond donors (Lipinski definition) is 0. The number of carbonyl (C=O) groups excluding carboxylic acids is 2. The van der Waals surface area contributed by atoms with Gasteiger partial charge in [0.25, 0.3) is 10.0 Å². The van der Waals surface area contributed by atoms with Crippen molar-refractivity contribution in [2.24, 2.45) is 0 Å². The third kappa shape index (κ3) is 2.96. The third-order valence-corrected chi connectivity index (χ3v) is 16.9. The minimum Gasteiger partial charge on any atom is -0.497 e. The van der Waals surface area contributed by atoms with Crippen LogP contribution < -0.4 is 9.04 Å². The molecule has 1 aliphatic heterocycles. The lowest BCUT2D eigenvalue weighted by Gasteiger charge is -2.52. The number of rotatable bonds is 5. The fraction of sp³-hybridized carbons (Fsp3) is 0.160. The number of carbonyl (C=O) groups is 2. The highest BCUT2D eigenvalue weighted by Crippen LogP contribution is 2.69. The zero-order chi connectivity index (χ0) is 39.3. The number of methoxy groups -OCH3 is 3. The van der Waals surface area contributed by atoms with Gasteiger partial charge in [0.1, 0.15) is 5.75 Å². The minimum absolute atomic E-state index is 0.0617. The Morgan fingerprint density at radius 3 is 1.63 bits per heavy atom. The molecule has 1 heterocycles. The van der Waals surface area contributed by atoms with Gasteiger partial charge in [0.2, 0.25) is 5.41 Å². The van der Waals surface area contributed by atoms with Gasteiger partial charge in [-0.15, -0.1) is 0 Å². The predicted molar refractivity (Wildman–Crippen MR) is 228 cm³/mol. The van der Waals surface area contributed by atoms with Crippen molar-refractivity contribution in [2.45, 2.75) is 35.1 Å². The average Bonchev–Trinajstić information content (AvgIpc) is 4.01. The summed E-state index contributed by atoms with van der Waals surface area (Å²) in [4.78, 5) is 30.1. The van der Waals surface area contributed by atoms with Gasteiger partial charge >= 0.3 is 11.9 Å². The van der Waals surface area contributed by atoms with Crippen molar-refractivity contribution in [3.63, 3.8) is 0 Å². The average molecular weight is 788 g/mol. The van der Waals surface area contributed by atoms with Crippen LogP contribution in [-0.2, 0) is 47.3 Å². The number of esters is 2. The summed E-state index contributed by atoms with van der Waals surface area (Å²) in [6.07, 6.45) is 1.36. The lowest BCUT2D eigenvalue weighted by molar-refractivity contribution is -0.164. The van der Waals surface area contributed by atoms with Crippen molar-refractivity contribution in [1.29, 1.82) is 0 Å². The van der Waals surface area contributed by atoms with Gasteiger partial charge in [-0.2, -0.15) is 0 Å². The summed E-state index contributed by atoms with van der Waals surface area (Å²) in [6.45, 7) is 0. The first-order chi connectivity index (χ1) is 28.7. The van der Waals surface area contributed by atoms with Crippen LogP contribution in [0, 0.1) is 0 Å². The van der Waals surface area contributed by atoms with Crippen LogP contribution >= 0.6 is 0 Å². The summed E-state index contributed by atoms with van der Waals surface area (Å²) >= 11 is 0. The highest BCUT2D eigenvalue weighted by Gasteiger charge is 2.67. The van der Waals surface area contributed by atoms with E-state index >= 15 is 18.0 Å². The van der Waals surface area contributed by atoms with Gasteiger partial charge in [-0.3, -0.25) is 13.9 Å². The van der Waals surface area contributed by atoms with E-state index in [9.17, 15) is 0 Å². The zero-order valence-electron chi connectivity index (χ0n) is 31.9. The Bertz CT molecular complexity index is 3870. The van der Waals surface area contributed by atoms with E-state index in [1.165, 1.54) is 94.3 Å². The molecule has 11 aromatic carbocycles. The summed E-state index contributed by atoms with van der Waals surface area (Å²) in [7, 11) is -0.276. The van der Waals surface area contributed by atoms with Crippen LogP contribution in [0.5, 0.6) is 5.75 Å². The van der Waals surface area contributed by atoms with Gasteiger partial charge < -0.3 is 14.2 Å². The maximum Gasteiger partial charge on any atom is 0.328 e. The smallest absolute Gasteiger partial charge is 0.328 e. The molecular weight excluding hydrogens is 759 g/mol. The number of anilines is 1. The molecular formula is C50H29NO7S. The molecule has 0 spiro atoms. The Morgan fingerprint density at radius 1 is 0.576 bits per heavy atom. The van der Waals surface area contributed by atoms with Crippen molar-refractivity contribution < 1.29 is 32.2 Å². The van der Waals surface area contributed by atoms with Gasteiger partial charge in [0, 0.05) is 11.5 Å². The lowest BCUT2D eigenvalue weighted by atomic mass is 9.58. The van der Waals surface area contributed by atoms with Crippen molar-refractivity contribution >= 4 is 114 Å². The summed E-state index contributed by atoms with van der Waals surface area (Å²) < 4.78 is 49.7. The molecule has 4 aliphatic rings. The van der Waals surface area contributed by atoms with Gasteiger partial charge in [-0.1, -0.05) is 54.6 Å². The molecule has 8 nitrogen and oxygen atoms in total. The fourth-order valence-electron chi connectivity index (χ4n) is 13.3. The lowest BCUT2D eigenvalue weighted by Crippen LogP contribution is -2.59. The SMILES string of the molecule is COC(=O)C1(C(=O)OC)c2ccccc2N(S(=O)(=O)c2ccc(OC)cc2)C2c3cc4c5c6c(cc7ccc8cc9c%10c%11c(cc(c%12c3c5c(c%12%11)c3c6c7c8c%103)C21)C9)C4. The first kappa shape index (κ1) is 31.3. The summed E-state index contributed by atoms with van der Waals surface area (Å²) in [6, 6.07) is 25.9. The molecule has 11 aromatic rings. The molecule has 9 heteroatoms. The molecule has 0 amide bonds. The van der Waals surface area contributed by atoms with Crippen molar-refractivity contribution in [2.75, 3.05) is 25.6 Å². The van der Waals surface area contributed by atoms with E-state index in [-0.39, 0.29) is 16.1 Å². The predicted octanol–water partition coefficient (Wildman–Crippen LogP) is 9.55. The summed E-state index contributed by atoms with van der Waals surface area (Å²) in [5.41, 5.74) is 4.70. The number of sulfonamides is 1. The standard InChI is InChI=1S/C50H29NO7S/c1-56-26-10-12-27(13-11-26)59(54,55)51-31-7-5-4-6-30(31)50(48(52)57-2,49(53)58-3)46-28-18-24-16-22-14-20-8-9-21-15-23-17-25-19-29(47(46)51)39-38(28)42-36(24)34(22)40-32(20)33(21)41-35(23)37(25)43(39)45(42)44(40)41/h4-15,18-19,46-47H,16-17H2,1-3H3.